The molecule has 2 aromatic carbocycles. The first-order valence-corrected chi connectivity index (χ1v) is 13.5. The van der Waals surface area contributed by atoms with Crippen molar-refractivity contribution in [2.75, 3.05) is 40.4 Å². The second-order valence-electron chi connectivity index (χ2n) is 9.68. The Morgan fingerprint density at radius 3 is 2.08 bits per heavy atom. The number of benzene rings is 2. The lowest BCUT2D eigenvalue weighted by Gasteiger charge is -2.39. The summed E-state index contributed by atoms with van der Waals surface area (Å²) < 4.78 is 33.6. The van der Waals surface area contributed by atoms with Crippen LogP contribution in [-0.2, 0) is 19.0 Å². The number of unbranched alkanes of at least 4 members (excludes halogenated alkanes) is 2. The molecule has 2 N–H and O–H groups in total. The molecule has 0 aliphatic heterocycles. The average molecular weight is 561 g/mol. The molecule has 1 unspecified atom stereocenters. The van der Waals surface area contributed by atoms with Crippen LogP contribution in [-0.4, -0.2) is 58.4 Å². The summed E-state index contributed by atoms with van der Waals surface area (Å²) in [7, 11) is 6.20. The van der Waals surface area contributed by atoms with Gasteiger partial charge < -0.3 is 39.1 Å². The van der Waals surface area contributed by atoms with Crippen LogP contribution in [0.2, 0.25) is 0 Å². The number of anilines is 1. The van der Waals surface area contributed by atoms with Crippen molar-refractivity contribution in [1.82, 2.24) is 5.32 Å². The molecule has 0 bridgehead atoms. The van der Waals surface area contributed by atoms with E-state index >= 15 is 0 Å². The van der Waals surface area contributed by atoms with E-state index in [0.717, 1.165) is 24.8 Å². The quantitative estimate of drug-likeness (QED) is 0.149. The second kappa shape index (κ2) is 15.3. The number of hydrogen-bond donors (Lipinski definition) is 2. The lowest BCUT2D eigenvalue weighted by Crippen LogP contribution is -2.50. The van der Waals surface area contributed by atoms with Crippen LogP contribution in [0.25, 0.3) is 0 Å². The zero-order valence-electron chi connectivity index (χ0n) is 24.9. The molecule has 10 heteroatoms. The third-order valence-electron chi connectivity index (χ3n) is 6.55. The molecule has 0 radical (unpaired) electrons. The lowest BCUT2D eigenvalue weighted by atomic mass is 9.93. The molecule has 0 spiro atoms. The fourth-order valence-corrected chi connectivity index (χ4v) is 4.30. The smallest absolute Gasteiger partial charge is 0.349 e. The number of carbonyl (C=O) groups is 2. The van der Waals surface area contributed by atoms with Crippen LogP contribution in [0.5, 0.6) is 17.2 Å². The van der Waals surface area contributed by atoms with Crippen molar-refractivity contribution >= 4 is 17.7 Å². The Labute approximate surface area is 237 Å². The highest BCUT2D eigenvalue weighted by Gasteiger charge is 2.41. The molecule has 10 nitrogen and oxygen atoms in total. The van der Waals surface area contributed by atoms with Crippen molar-refractivity contribution in [3.8, 4) is 17.2 Å². The number of hydrogen-bond acceptors (Lipinski definition) is 8. The maximum absolute atomic E-state index is 13.3. The van der Waals surface area contributed by atoms with Gasteiger partial charge in [0.25, 0.3) is 0 Å². The molecule has 0 heterocycles. The lowest BCUT2D eigenvalue weighted by molar-refractivity contribution is -0.230. The SMILES string of the molecule is CCCCCC(OC)(OC)C(NC(=O)Nc1ccc(OC)cc1OC)c1ccc(OC(C)(C)C(=O)OCC)cc1. The van der Waals surface area contributed by atoms with Crippen LogP contribution in [0, 0.1) is 0 Å². The molecule has 0 saturated carbocycles. The summed E-state index contributed by atoms with van der Waals surface area (Å²) in [6, 6.07) is 11.0. The number of rotatable bonds is 16. The molecule has 2 aromatic rings. The summed E-state index contributed by atoms with van der Waals surface area (Å²) in [6.07, 6.45) is 3.37. The van der Waals surface area contributed by atoms with E-state index in [0.29, 0.717) is 29.4 Å². The summed E-state index contributed by atoms with van der Waals surface area (Å²) in [5.74, 6) is -0.0899. The molecule has 40 heavy (non-hydrogen) atoms. The Balaban J connectivity index is 2.39. The number of carbonyl (C=O) groups excluding carboxylic acids is 2. The zero-order chi connectivity index (χ0) is 29.8. The van der Waals surface area contributed by atoms with Gasteiger partial charge in [-0.05, 0) is 57.0 Å². The largest absolute Gasteiger partial charge is 0.497 e. The summed E-state index contributed by atoms with van der Waals surface area (Å²) in [5, 5.41) is 5.88. The van der Waals surface area contributed by atoms with Gasteiger partial charge in [-0.25, -0.2) is 9.59 Å². The predicted molar refractivity (Wildman–Crippen MR) is 153 cm³/mol. The number of amides is 2. The minimum atomic E-state index is -1.17. The number of esters is 1. The molecule has 222 valence electrons. The highest BCUT2D eigenvalue weighted by molar-refractivity contribution is 5.91. The van der Waals surface area contributed by atoms with E-state index in [9.17, 15) is 9.59 Å². The highest BCUT2D eigenvalue weighted by atomic mass is 16.7. The number of nitrogens with one attached hydrogen (secondary N) is 2. The van der Waals surface area contributed by atoms with Gasteiger partial charge in [0.15, 0.2) is 11.4 Å². The van der Waals surface area contributed by atoms with Gasteiger partial charge in [-0.3, -0.25) is 0 Å². The van der Waals surface area contributed by atoms with Gasteiger partial charge >= 0.3 is 12.0 Å². The van der Waals surface area contributed by atoms with Crippen LogP contribution in [0.1, 0.15) is 65.0 Å². The Morgan fingerprint density at radius 2 is 1.52 bits per heavy atom. The van der Waals surface area contributed by atoms with Crippen molar-refractivity contribution in [1.29, 1.82) is 0 Å². The average Bonchev–Trinajstić information content (AvgIpc) is 2.95. The Hall–Kier alpha value is -3.50. The molecular formula is C30H44N2O8. The maximum Gasteiger partial charge on any atom is 0.349 e. The molecule has 0 aromatic heterocycles. The van der Waals surface area contributed by atoms with Gasteiger partial charge in [-0.15, -0.1) is 0 Å². The fraction of sp³-hybridized carbons (Fsp3) is 0.533. The molecule has 0 saturated heterocycles. The fourth-order valence-electron chi connectivity index (χ4n) is 4.30. The normalized spacial score (nSPS) is 12.3. The van der Waals surface area contributed by atoms with Crippen LogP contribution in [0.4, 0.5) is 10.5 Å². The van der Waals surface area contributed by atoms with E-state index in [2.05, 4.69) is 17.6 Å². The van der Waals surface area contributed by atoms with Crippen molar-refractivity contribution in [2.24, 2.45) is 0 Å². The minimum Gasteiger partial charge on any atom is -0.497 e. The summed E-state index contributed by atoms with van der Waals surface area (Å²) in [6.45, 7) is 7.42. The van der Waals surface area contributed by atoms with Gasteiger partial charge in [-0.1, -0.05) is 31.9 Å². The van der Waals surface area contributed by atoms with Crippen LogP contribution in [0.3, 0.4) is 0 Å². The van der Waals surface area contributed by atoms with E-state index in [1.54, 1.807) is 72.4 Å². The first kappa shape index (κ1) is 32.7. The highest BCUT2D eigenvalue weighted by Crippen LogP contribution is 2.36. The van der Waals surface area contributed by atoms with E-state index in [1.165, 1.54) is 7.11 Å². The molecule has 0 aliphatic rings. The van der Waals surface area contributed by atoms with Gasteiger partial charge in [0.05, 0.1) is 26.5 Å². The molecular weight excluding hydrogens is 516 g/mol. The number of urea groups is 1. The van der Waals surface area contributed by atoms with Gasteiger partial charge in [0, 0.05) is 26.7 Å². The van der Waals surface area contributed by atoms with Gasteiger partial charge in [0.1, 0.15) is 23.3 Å². The summed E-state index contributed by atoms with van der Waals surface area (Å²) >= 11 is 0. The Bertz CT molecular complexity index is 1080. The third kappa shape index (κ3) is 8.50. The monoisotopic (exact) mass is 560 g/mol. The molecule has 1 atom stereocenters. The maximum atomic E-state index is 13.3. The third-order valence-corrected chi connectivity index (χ3v) is 6.55. The van der Waals surface area contributed by atoms with Crippen molar-refractivity contribution in [2.45, 2.75) is 70.8 Å². The summed E-state index contributed by atoms with van der Waals surface area (Å²) in [5.41, 5.74) is 0.0179. The summed E-state index contributed by atoms with van der Waals surface area (Å²) in [4.78, 5) is 25.6. The molecule has 0 fully saturated rings. The van der Waals surface area contributed by atoms with Gasteiger partial charge in [-0.2, -0.15) is 0 Å². The number of methoxy groups -OCH3 is 4. The zero-order valence-corrected chi connectivity index (χ0v) is 24.9. The standard InChI is InChI=1S/C30H44N2O8/c1-9-11-12-19-30(37-7,38-8)26(32-28(34)31-24-18-17-23(35-5)20-25(24)36-6)21-13-15-22(16-14-21)40-29(3,4)27(33)39-10-2/h13-18,20,26H,9-12,19H2,1-8H3,(H2,31,32,34). The first-order valence-electron chi connectivity index (χ1n) is 13.5. The van der Waals surface area contributed by atoms with Crippen molar-refractivity contribution in [3.05, 3.63) is 48.0 Å². The van der Waals surface area contributed by atoms with Gasteiger partial charge in [0.2, 0.25) is 0 Å². The van der Waals surface area contributed by atoms with Crippen molar-refractivity contribution < 1.29 is 38.0 Å². The molecule has 2 rings (SSSR count). The van der Waals surface area contributed by atoms with Crippen LogP contribution < -0.4 is 24.8 Å². The molecule has 0 aliphatic carbocycles. The van der Waals surface area contributed by atoms with E-state index in [4.69, 9.17) is 28.4 Å². The van der Waals surface area contributed by atoms with Crippen LogP contribution >= 0.6 is 0 Å². The predicted octanol–water partition coefficient (Wildman–Crippen LogP) is 5.86. The van der Waals surface area contributed by atoms with Crippen LogP contribution in [0.15, 0.2) is 42.5 Å². The van der Waals surface area contributed by atoms with E-state index in [-0.39, 0.29) is 6.61 Å². The molecule has 2 amide bonds. The first-order chi connectivity index (χ1) is 19.1. The Kier molecular flexibility index (Phi) is 12.5. The second-order valence-corrected chi connectivity index (χ2v) is 9.68. The topological polar surface area (TPSA) is 114 Å². The minimum absolute atomic E-state index is 0.260. The number of ether oxygens (including phenoxy) is 6. The van der Waals surface area contributed by atoms with E-state index in [1.807, 2.05) is 12.1 Å². The van der Waals surface area contributed by atoms with E-state index < -0.39 is 29.4 Å². The Morgan fingerprint density at radius 1 is 0.875 bits per heavy atom. The van der Waals surface area contributed by atoms with Crippen molar-refractivity contribution in [3.63, 3.8) is 0 Å².